The molecule has 4 fully saturated rings. The molecule has 0 aromatic heterocycles. The van der Waals surface area contributed by atoms with Gasteiger partial charge in [0, 0.05) is 12.1 Å². The Bertz CT molecular complexity index is 475. The van der Waals surface area contributed by atoms with Gasteiger partial charge >= 0.3 is 0 Å². The van der Waals surface area contributed by atoms with Crippen molar-refractivity contribution in [3.8, 4) is 5.75 Å². The van der Waals surface area contributed by atoms with E-state index in [2.05, 4.69) is 17.4 Å². The van der Waals surface area contributed by atoms with Gasteiger partial charge in [0.1, 0.15) is 12.4 Å². The summed E-state index contributed by atoms with van der Waals surface area (Å²) in [5, 5.41) is 12.7. The molecule has 4 aliphatic rings. The first-order chi connectivity index (χ1) is 10.7. The summed E-state index contributed by atoms with van der Waals surface area (Å²) in [5.41, 5.74) is 1.76. The van der Waals surface area contributed by atoms with E-state index in [4.69, 9.17) is 9.84 Å². The highest BCUT2D eigenvalue weighted by atomic mass is 16.5. The minimum Gasteiger partial charge on any atom is -0.491 e. The van der Waals surface area contributed by atoms with Crippen LogP contribution in [-0.4, -0.2) is 23.9 Å². The fraction of sp³-hybridized carbons (Fsp3) is 0.684. The van der Waals surface area contributed by atoms with Crippen molar-refractivity contribution in [1.29, 1.82) is 0 Å². The van der Waals surface area contributed by atoms with Crippen LogP contribution < -0.4 is 10.1 Å². The lowest BCUT2D eigenvalue weighted by Crippen LogP contribution is -2.58. The summed E-state index contributed by atoms with van der Waals surface area (Å²) in [4.78, 5) is 0. The molecule has 4 bridgehead atoms. The SMILES string of the molecule is OCCOc1ccc(CNC23CC4CC(CC(C4)C2)C3)cc1. The minimum absolute atomic E-state index is 0.0648. The lowest BCUT2D eigenvalue weighted by molar-refractivity contribution is -0.0206. The van der Waals surface area contributed by atoms with Crippen LogP contribution in [0.25, 0.3) is 0 Å². The number of benzene rings is 1. The second-order valence-electron chi connectivity index (χ2n) is 7.77. The zero-order chi connectivity index (χ0) is 15.0. The molecule has 1 aromatic rings. The quantitative estimate of drug-likeness (QED) is 0.848. The number of hydrogen-bond acceptors (Lipinski definition) is 3. The molecule has 3 nitrogen and oxygen atoms in total. The number of nitrogens with one attached hydrogen (secondary N) is 1. The van der Waals surface area contributed by atoms with Crippen LogP contribution in [0.4, 0.5) is 0 Å². The number of aliphatic hydroxyl groups excluding tert-OH is 1. The van der Waals surface area contributed by atoms with Crippen LogP contribution in [0.1, 0.15) is 44.1 Å². The van der Waals surface area contributed by atoms with Gasteiger partial charge in [-0.3, -0.25) is 0 Å². The van der Waals surface area contributed by atoms with Gasteiger partial charge in [-0.2, -0.15) is 0 Å². The maximum atomic E-state index is 8.78. The van der Waals surface area contributed by atoms with E-state index >= 15 is 0 Å². The molecule has 22 heavy (non-hydrogen) atoms. The van der Waals surface area contributed by atoms with Crippen molar-refractivity contribution in [3.63, 3.8) is 0 Å². The van der Waals surface area contributed by atoms with Gasteiger partial charge in [-0.1, -0.05) is 12.1 Å². The highest BCUT2D eigenvalue weighted by Crippen LogP contribution is 2.55. The molecule has 4 aliphatic carbocycles. The summed E-state index contributed by atoms with van der Waals surface area (Å²) in [6.45, 7) is 1.40. The number of rotatable bonds is 6. The van der Waals surface area contributed by atoms with E-state index in [1.165, 1.54) is 44.1 Å². The van der Waals surface area contributed by atoms with Gasteiger partial charge in [0.25, 0.3) is 0 Å². The minimum atomic E-state index is 0.0648. The Morgan fingerprint density at radius 2 is 1.59 bits per heavy atom. The van der Waals surface area contributed by atoms with Crippen LogP contribution in [0, 0.1) is 17.8 Å². The lowest BCUT2D eigenvalue weighted by atomic mass is 9.53. The average Bonchev–Trinajstić information content (AvgIpc) is 2.51. The fourth-order valence-electron chi connectivity index (χ4n) is 5.48. The molecule has 2 N–H and O–H groups in total. The van der Waals surface area contributed by atoms with E-state index in [-0.39, 0.29) is 6.61 Å². The molecular formula is C19H27NO2. The van der Waals surface area contributed by atoms with Crippen molar-refractivity contribution in [2.24, 2.45) is 17.8 Å². The molecule has 0 amide bonds. The Balaban J connectivity index is 1.36. The first-order valence-electron chi connectivity index (χ1n) is 8.82. The molecule has 0 heterocycles. The largest absolute Gasteiger partial charge is 0.491 e. The van der Waals surface area contributed by atoms with E-state index in [9.17, 15) is 0 Å². The summed E-state index contributed by atoms with van der Waals surface area (Å²) >= 11 is 0. The van der Waals surface area contributed by atoms with Crippen LogP contribution in [0.3, 0.4) is 0 Å². The number of hydrogen-bond donors (Lipinski definition) is 2. The van der Waals surface area contributed by atoms with Crippen LogP contribution in [0.15, 0.2) is 24.3 Å². The topological polar surface area (TPSA) is 41.5 Å². The predicted octanol–water partition coefficient (Wildman–Crippen LogP) is 3.12. The summed E-state index contributed by atoms with van der Waals surface area (Å²) < 4.78 is 5.42. The lowest BCUT2D eigenvalue weighted by Gasteiger charge is -2.57. The van der Waals surface area contributed by atoms with Gasteiger partial charge in [0.15, 0.2) is 0 Å². The molecule has 0 atom stereocenters. The normalized spacial score (nSPS) is 35.8. The van der Waals surface area contributed by atoms with Gasteiger partial charge in [-0.15, -0.1) is 0 Å². The van der Waals surface area contributed by atoms with Crippen LogP contribution in [-0.2, 0) is 6.54 Å². The molecule has 0 radical (unpaired) electrons. The maximum Gasteiger partial charge on any atom is 0.119 e. The molecule has 120 valence electrons. The van der Waals surface area contributed by atoms with Crippen molar-refractivity contribution in [2.75, 3.05) is 13.2 Å². The zero-order valence-corrected chi connectivity index (χ0v) is 13.3. The van der Waals surface area contributed by atoms with E-state index in [0.717, 1.165) is 30.0 Å². The molecule has 1 aromatic carbocycles. The standard InChI is InChI=1S/C19H27NO2/c21-5-6-22-18-3-1-14(2-4-18)13-20-19-10-15-7-16(11-19)9-17(8-15)12-19/h1-4,15-17,20-21H,5-13H2. The second kappa shape index (κ2) is 5.86. The maximum absolute atomic E-state index is 8.78. The van der Waals surface area contributed by atoms with Crippen molar-refractivity contribution in [3.05, 3.63) is 29.8 Å². The molecule has 3 heteroatoms. The van der Waals surface area contributed by atoms with E-state index in [1.807, 2.05) is 12.1 Å². The van der Waals surface area contributed by atoms with Crippen molar-refractivity contribution >= 4 is 0 Å². The Morgan fingerprint density at radius 1 is 1.00 bits per heavy atom. The molecule has 0 aliphatic heterocycles. The van der Waals surface area contributed by atoms with Gasteiger partial charge in [0.05, 0.1) is 6.61 Å². The predicted molar refractivity (Wildman–Crippen MR) is 86.8 cm³/mol. The molecule has 0 spiro atoms. The fourth-order valence-corrected chi connectivity index (χ4v) is 5.48. The van der Waals surface area contributed by atoms with Crippen LogP contribution >= 0.6 is 0 Å². The Morgan fingerprint density at radius 3 is 2.14 bits per heavy atom. The number of ether oxygens (including phenoxy) is 1. The second-order valence-corrected chi connectivity index (χ2v) is 7.77. The van der Waals surface area contributed by atoms with E-state index in [0.29, 0.717) is 12.1 Å². The Kier molecular flexibility index (Phi) is 3.87. The summed E-state index contributed by atoms with van der Waals surface area (Å²) in [7, 11) is 0. The Hall–Kier alpha value is -1.06. The van der Waals surface area contributed by atoms with Crippen molar-refractivity contribution in [2.45, 2.75) is 50.6 Å². The first-order valence-corrected chi connectivity index (χ1v) is 8.82. The van der Waals surface area contributed by atoms with Gasteiger partial charge < -0.3 is 15.2 Å². The zero-order valence-electron chi connectivity index (χ0n) is 13.3. The molecule has 5 rings (SSSR count). The van der Waals surface area contributed by atoms with Crippen molar-refractivity contribution in [1.82, 2.24) is 5.32 Å². The summed E-state index contributed by atoms with van der Waals surface area (Å²) in [6, 6.07) is 8.29. The van der Waals surface area contributed by atoms with Crippen LogP contribution in [0.2, 0.25) is 0 Å². The third-order valence-electron chi connectivity index (χ3n) is 5.99. The summed E-state index contributed by atoms with van der Waals surface area (Å²) in [5.74, 6) is 3.82. The smallest absolute Gasteiger partial charge is 0.119 e. The van der Waals surface area contributed by atoms with E-state index in [1.54, 1.807) is 0 Å². The highest BCUT2D eigenvalue weighted by Gasteiger charge is 2.50. The summed E-state index contributed by atoms with van der Waals surface area (Å²) in [6.07, 6.45) is 8.69. The average molecular weight is 301 g/mol. The first kappa shape index (κ1) is 14.5. The van der Waals surface area contributed by atoms with Crippen LogP contribution in [0.5, 0.6) is 5.75 Å². The highest BCUT2D eigenvalue weighted by molar-refractivity contribution is 5.27. The molecule has 0 saturated heterocycles. The molecule has 4 saturated carbocycles. The van der Waals surface area contributed by atoms with Gasteiger partial charge in [-0.25, -0.2) is 0 Å². The monoisotopic (exact) mass is 301 g/mol. The Labute approximate surface area is 133 Å². The van der Waals surface area contributed by atoms with Crippen molar-refractivity contribution < 1.29 is 9.84 Å². The molecular weight excluding hydrogens is 274 g/mol. The van der Waals surface area contributed by atoms with Gasteiger partial charge in [-0.05, 0) is 74.0 Å². The third kappa shape index (κ3) is 2.89. The molecule has 0 unspecified atom stereocenters. The van der Waals surface area contributed by atoms with Gasteiger partial charge in [0.2, 0.25) is 0 Å². The third-order valence-corrected chi connectivity index (χ3v) is 5.99. The van der Waals surface area contributed by atoms with E-state index < -0.39 is 0 Å². The number of aliphatic hydroxyl groups is 1.